The highest BCUT2D eigenvalue weighted by Crippen LogP contribution is 2.11. The topological polar surface area (TPSA) is 68.0 Å². The van der Waals surface area contributed by atoms with E-state index in [-0.39, 0.29) is 30.7 Å². The lowest BCUT2D eigenvalue weighted by Gasteiger charge is -2.22. The largest absolute Gasteiger partial charge is 0.318 e. The molecule has 1 rings (SSSR count). The van der Waals surface area contributed by atoms with Crippen LogP contribution in [-0.4, -0.2) is 16.4 Å². The van der Waals surface area contributed by atoms with Gasteiger partial charge in [0.2, 0.25) is 5.91 Å². The van der Waals surface area contributed by atoms with Gasteiger partial charge in [0.25, 0.3) is 0 Å². The van der Waals surface area contributed by atoms with Gasteiger partial charge >= 0.3 is 0 Å². The molecule has 0 saturated heterocycles. The van der Waals surface area contributed by atoms with Gasteiger partial charge in [-0.05, 0) is 25.5 Å². The Morgan fingerprint density at radius 2 is 2.12 bits per heavy atom. The quantitative estimate of drug-likeness (QED) is 0.889. The van der Waals surface area contributed by atoms with E-state index in [1.54, 1.807) is 25.3 Å². The fourth-order valence-electron chi connectivity index (χ4n) is 1.33. The summed E-state index contributed by atoms with van der Waals surface area (Å²) in [5.41, 5.74) is 5.05. The van der Waals surface area contributed by atoms with Gasteiger partial charge in [-0.2, -0.15) is 0 Å². The van der Waals surface area contributed by atoms with Crippen LogP contribution in [-0.2, 0) is 4.79 Å². The monoisotopic (exact) mass is 279 g/mol. The summed E-state index contributed by atoms with van der Waals surface area (Å²) in [7, 11) is 0. The first-order chi connectivity index (χ1) is 7.06. The number of nitrogens with one attached hydrogen (secondary N) is 1. The van der Waals surface area contributed by atoms with E-state index in [0.29, 0.717) is 12.2 Å². The number of carbonyl (C=O) groups excluding carboxylic acids is 1. The summed E-state index contributed by atoms with van der Waals surface area (Å²) in [5, 5.41) is 2.69. The van der Waals surface area contributed by atoms with Crippen molar-refractivity contribution in [1.82, 2.24) is 4.98 Å². The van der Waals surface area contributed by atoms with Crippen molar-refractivity contribution in [2.75, 3.05) is 5.32 Å². The second-order valence-corrected chi connectivity index (χ2v) is 3.84. The van der Waals surface area contributed by atoms with Crippen LogP contribution in [0.4, 0.5) is 5.82 Å². The number of nitrogens with two attached hydrogens (primary N) is 1. The lowest BCUT2D eigenvalue weighted by Crippen LogP contribution is -2.48. The first-order valence-electron chi connectivity index (χ1n) is 5.07. The minimum atomic E-state index is -0.827. The van der Waals surface area contributed by atoms with E-state index in [0.717, 1.165) is 6.42 Å². The maximum atomic E-state index is 11.7. The number of nitrogens with zero attached hydrogens (tertiary/aromatic N) is 1. The minimum absolute atomic E-state index is 0. The molecule has 0 spiro atoms. The highest BCUT2D eigenvalue weighted by Gasteiger charge is 2.27. The molecule has 0 fully saturated rings. The van der Waals surface area contributed by atoms with Crippen molar-refractivity contribution < 1.29 is 4.79 Å². The van der Waals surface area contributed by atoms with Gasteiger partial charge in [-0.1, -0.05) is 19.4 Å². The zero-order chi connectivity index (χ0) is 11.3. The number of amides is 1. The van der Waals surface area contributed by atoms with E-state index in [2.05, 4.69) is 10.3 Å². The van der Waals surface area contributed by atoms with Gasteiger partial charge in [0.05, 0.1) is 5.54 Å². The number of hydrogen-bond donors (Lipinski definition) is 2. The standard InChI is InChI=1S/C11H17N3O.2ClH/c1-3-7-11(2,12)10(15)14-9-6-4-5-8-13-9;;/h4-6,8H,3,7,12H2,1-2H3,(H,13,14,15);2*1H. The SMILES string of the molecule is CCCC(C)(N)C(=O)Nc1ccccn1.Cl.Cl. The second-order valence-electron chi connectivity index (χ2n) is 3.84. The van der Waals surface area contributed by atoms with Crippen molar-refractivity contribution in [2.45, 2.75) is 32.2 Å². The molecule has 3 N–H and O–H groups in total. The summed E-state index contributed by atoms with van der Waals surface area (Å²) in [5.74, 6) is 0.346. The van der Waals surface area contributed by atoms with Crippen LogP contribution in [0.2, 0.25) is 0 Å². The van der Waals surface area contributed by atoms with Gasteiger partial charge in [-0.3, -0.25) is 4.79 Å². The molecule has 0 bridgehead atoms. The third kappa shape index (κ3) is 5.86. The lowest BCUT2D eigenvalue weighted by molar-refractivity contribution is -0.120. The Labute approximate surface area is 114 Å². The van der Waals surface area contributed by atoms with E-state index in [4.69, 9.17) is 5.73 Å². The number of pyridine rings is 1. The maximum Gasteiger partial charge on any atom is 0.245 e. The molecule has 1 aromatic rings. The molecule has 98 valence electrons. The molecule has 0 radical (unpaired) electrons. The molecule has 1 atom stereocenters. The molecule has 0 aromatic carbocycles. The minimum Gasteiger partial charge on any atom is -0.318 e. The fourth-order valence-corrected chi connectivity index (χ4v) is 1.33. The van der Waals surface area contributed by atoms with E-state index in [1.807, 2.05) is 13.0 Å². The maximum absolute atomic E-state index is 11.7. The normalized spacial score (nSPS) is 12.6. The predicted octanol–water partition coefficient (Wildman–Crippen LogP) is 2.38. The Morgan fingerprint density at radius 1 is 1.47 bits per heavy atom. The van der Waals surface area contributed by atoms with Crippen LogP contribution in [0.3, 0.4) is 0 Å². The molecule has 0 aliphatic heterocycles. The Balaban J connectivity index is 0. The third-order valence-corrected chi connectivity index (χ3v) is 2.19. The van der Waals surface area contributed by atoms with Crippen molar-refractivity contribution in [2.24, 2.45) is 5.73 Å². The molecule has 4 nitrogen and oxygen atoms in total. The Morgan fingerprint density at radius 3 is 2.59 bits per heavy atom. The van der Waals surface area contributed by atoms with Gasteiger partial charge in [-0.15, -0.1) is 24.8 Å². The zero-order valence-electron chi connectivity index (χ0n) is 9.97. The van der Waals surface area contributed by atoms with Gasteiger partial charge in [-0.25, -0.2) is 4.98 Å². The van der Waals surface area contributed by atoms with Crippen molar-refractivity contribution in [3.63, 3.8) is 0 Å². The van der Waals surface area contributed by atoms with E-state index in [1.165, 1.54) is 0 Å². The van der Waals surface area contributed by atoms with Crippen LogP contribution in [0, 0.1) is 0 Å². The fraction of sp³-hybridized carbons (Fsp3) is 0.455. The summed E-state index contributed by atoms with van der Waals surface area (Å²) in [4.78, 5) is 15.8. The molecule has 0 aliphatic carbocycles. The third-order valence-electron chi connectivity index (χ3n) is 2.19. The van der Waals surface area contributed by atoms with Gasteiger partial charge in [0.1, 0.15) is 5.82 Å². The van der Waals surface area contributed by atoms with Crippen molar-refractivity contribution in [3.05, 3.63) is 24.4 Å². The predicted molar refractivity (Wildman–Crippen MR) is 74.9 cm³/mol. The molecule has 1 unspecified atom stereocenters. The van der Waals surface area contributed by atoms with E-state index < -0.39 is 5.54 Å². The molecule has 0 saturated carbocycles. The molecule has 0 aliphatic rings. The van der Waals surface area contributed by atoms with Gasteiger partial charge < -0.3 is 11.1 Å². The van der Waals surface area contributed by atoms with Crippen molar-refractivity contribution >= 4 is 36.5 Å². The first-order valence-corrected chi connectivity index (χ1v) is 5.07. The van der Waals surface area contributed by atoms with E-state index in [9.17, 15) is 4.79 Å². The molecular formula is C11H19Cl2N3O. The van der Waals surface area contributed by atoms with Crippen molar-refractivity contribution in [3.8, 4) is 0 Å². The summed E-state index contributed by atoms with van der Waals surface area (Å²) in [6.45, 7) is 3.73. The second kappa shape index (κ2) is 8.28. The van der Waals surface area contributed by atoms with Crippen LogP contribution in [0.25, 0.3) is 0 Å². The van der Waals surface area contributed by atoms with Crippen LogP contribution in [0.15, 0.2) is 24.4 Å². The average Bonchev–Trinajstić information content (AvgIpc) is 2.19. The van der Waals surface area contributed by atoms with Gasteiger partial charge in [0, 0.05) is 6.20 Å². The summed E-state index contributed by atoms with van der Waals surface area (Å²) in [6.07, 6.45) is 3.16. The zero-order valence-corrected chi connectivity index (χ0v) is 11.6. The molecule has 6 heteroatoms. The van der Waals surface area contributed by atoms with Crippen LogP contribution in [0.1, 0.15) is 26.7 Å². The Hall–Kier alpha value is -0.840. The van der Waals surface area contributed by atoms with Crippen LogP contribution < -0.4 is 11.1 Å². The Bertz CT molecular complexity index is 331. The van der Waals surface area contributed by atoms with Crippen LogP contribution in [0.5, 0.6) is 0 Å². The first kappa shape index (κ1) is 18.5. The highest BCUT2D eigenvalue weighted by molar-refractivity contribution is 5.96. The smallest absolute Gasteiger partial charge is 0.245 e. The Kier molecular flexibility index (Phi) is 9.02. The molecule has 1 heterocycles. The number of aromatic nitrogens is 1. The lowest BCUT2D eigenvalue weighted by atomic mass is 9.96. The molecular weight excluding hydrogens is 261 g/mol. The number of carbonyl (C=O) groups is 1. The average molecular weight is 280 g/mol. The number of anilines is 1. The van der Waals surface area contributed by atoms with E-state index >= 15 is 0 Å². The summed E-state index contributed by atoms with van der Waals surface area (Å²) in [6, 6.07) is 5.35. The van der Waals surface area contributed by atoms with Crippen LogP contribution >= 0.6 is 24.8 Å². The van der Waals surface area contributed by atoms with Crippen molar-refractivity contribution in [1.29, 1.82) is 0 Å². The molecule has 17 heavy (non-hydrogen) atoms. The summed E-state index contributed by atoms with van der Waals surface area (Å²) >= 11 is 0. The molecule has 1 amide bonds. The van der Waals surface area contributed by atoms with Gasteiger partial charge in [0.15, 0.2) is 0 Å². The number of rotatable bonds is 4. The molecule has 1 aromatic heterocycles. The highest BCUT2D eigenvalue weighted by atomic mass is 35.5. The number of halogens is 2. The summed E-state index contributed by atoms with van der Waals surface area (Å²) < 4.78 is 0. The number of hydrogen-bond acceptors (Lipinski definition) is 3.